The second-order valence-electron chi connectivity index (χ2n) is 6.40. The summed E-state index contributed by atoms with van der Waals surface area (Å²) < 4.78 is 11.8. The SMILES string of the molecule is Cc1ccc2[nH]cc(CCNC(=O)Cn3nc(-c4ccc(Br)o4)oc3=O)c2c1. The second kappa shape index (κ2) is 7.51. The van der Waals surface area contributed by atoms with Gasteiger partial charge in [-0.3, -0.25) is 4.79 Å². The van der Waals surface area contributed by atoms with Gasteiger partial charge in [-0.15, -0.1) is 5.10 Å². The molecule has 1 amide bonds. The lowest BCUT2D eigenvalue weighted by atomic mass is 10.1. The Morgan fingerprint density at radius 1 is 1.29 bits per heavy atom. The number of amides is 1. The Labute approximate surface area is 167 Å². The molecule has 3 heterocycles. The number of hydrogen-bond acceptors (Lipinski definition) is 5. The van der Waals surface area contributed by atoms with Crippen molar-refractivity contribution in [1.29, 1.82) is 0 Å². The fourth-order valence-corrected chi connectivity index (χ4v) is 3.27. The first-order valence-corrected chi connectivity index (χ1v) is 9.46. The van der Waals surface area contributed by atoms with Gasteiger partial charge in [-0.05, 0) is 59.1 Å². The molecular formula is C19H17BrN4O4. The summed E-state index contributed by atoms with van der Waals surface area (Å²) >= 11 is 3.17. The molecule has 8 nitrogen and oxygen atoms in total. The minimum absolute atomic E-state index is 0.0256. The van der Waals surface area contributed by atoms with E-state index in [0.717, 1.165) is 21.1 Å². The van der Waals surface area contributed by atoms with Gasteiger partial charge in [0, 0.05) is 23.6 Å². The van der Waals surface area contributed by atoms with Crippen LogP contribution in [-0.2, 0) is 17.8 Å². The first-order valence-electron chi connectivity index (χ1n) is 8.66. The highest BCUT2D eigenvalue weighted by atomic mass is 79.9. The lowest BCUT2D eigenvalue weighted by molar-refractivity contribution is -0.121. The maximum atomic E-state index is 12.2. The van der Waals surface area contributed by atoms with Crippen molar-refractivity contribution in [2.75, 3.05) is 6.54 Å². The van der Waals surface area contributed by atoms with Gasteiger partial charge in [-0.25, -0.2) is 4.79 Å². The molecule has 0 radical (unpaired) electrons. The van der Waals surface area contributed by atoms with Crippen molar-refractivity contribution in [3.8, 4) is 11.7 Å². The Morgan fingerprint density at radius 3 is 2.93 bits per heavy atom. The molecule has 0 atom stereocenters. The average Bonchev–Trinajstić information content (AvgIpc) is 3.35. The molecule has 0 unspecified atom stereocenters. The number of aryl methyl sites for hydroxylation is 1. The van der Waals surface area contributed by atoms with Gasteiger partial charge in [0.1, 0.15) is 6.54 Å². The number of furan rings is 1. The summed E-state index contributed by atoms with van der Waals surface area (Å²) in [5, 5.41) is 7.95. The summed E-state index contributed by atoms with van der Waals surface area (Å²) in [6, 6.07) is 9.48. The van der Waals surface area contributed by atoms with Gasteiger partial charge in [0.15, 0.2) is 10.4 Å². The largest absolute Gasteiger partial charge is 0.444 e. The highest BCUT2D eigenvalue weighted by Gasteiger charge is 2.15. The van der Waals surface area contributed by atoms with E-state index in [1.165, 1.54) is 5.56 Å². The van der Waals surface area contributed by atoms with Gasteiger partial charge >= 0.3 is 5.76 Å². The molecule has 0 saturated heterocycles. The molecule has 9 heteroatoms. The molecule has 2 N–H and O–H groups in total. The third kappa shape index (κ3) is 3.79. The third-order valence-corrected chi connectivity index (χ3v) is 4.75. The standard InChI is InChI=1S/C19H17BrN4O4/c1-11-2-3-14-13(8-11)12(9-22-14)6-7-21-17(25)10-24-19(26)28-18(23-24)15-4-5-16(20)27-15/h2-5,8-9,22H,6-7,10H2,1H3,(H,21,25). The van der Waals surface area contributed by atoms with Crippen LogP contribution in [0, 0.1) is 6.92 Å². The van der Waals surface area contributed by atoms with Crippen LogP contribution in [0.15, 0.2) is 54.8 Å². The van der Waals surface area contributed by atoms with Crippen LogP contribution in [-0.4, -0.2) is 27.2 Å². The van der Waals surface area contributed by atoms with E-state index in [1.807, 2.05) is 19.2 Å². The van der Waals surface area contributed by atoms with Gasteiger partial charge in [-0.1, -0.05) is 11.6 Å². The third-order valence-electron chi connectivity index (χ3n) is 4.32. The monoisotopic (exact) mass is 444 g/mol. The van der Waals surface area contributed by atoms with Gasteiger partial charge in [0.2, 0.25) is 5.91 Å². The molecule has 0 spiro atoms. The van der Waals surface area contributed by atoms with Crippen molar-refractivity contribution in [2.45, 2.75) is 19.9 Å². The van der Waals surface area contributed by atoms with E-state index in [0.29, 0.717) is 23.4 Å². The summed E-state index contributed by atoms with van der Waals surface area (Å²) in [6.45, 7) is 2.27. The van der Waals surface area contributed by atoms with E-state index in [1.54, 1.807) is 12.1 Å². The maximum Gasteiger partial charge on any atom is 0.437 e. The number of carbonyl (C=O) groups is 1. The number of H-pyrrole nitrogens is 1. The number of fused-ring (bicyclic) bond motifs is 1. The van der Waals surface area contributed by atoms with Crippen LogP contribution in [0.4, 0.5) is 0 Å². The van der Waals surface area contributed by atoms with Crippen LogP contribution >= 0.6 is 15.9 Å². The molecule has 3 aromatic heterocycles. The van der Waals surface area contributed by atoms with E-state index in [-0.39, 0.29) is 18.3 Å². The predicted octanol–water partition coefficient (Wildman–Crippen LogP) is 3.01. The van der Waals surface area contributed by atoms with Crippen LogP contribution in [0.1, 0.15) is 11.1 Å². The van der Waals surface area contributed by atoms with Crippen LogP contribution in [0.5, 0.6) is 0 Å². The van der Waals surface area contributed by atoms with Crippen molar-refractivity contribution in [3.05, 3.63) is 62.9 Å². The summed E-state index contributed by atoms with van der Waals surface area (Å²) in [6.07, 6.45) is 2.63. The lowest BCUT2D eigenvalue weighted by Gasteiger charge is -2.04. The molecule has 0 bridgehead atoms. The van der Waals surface area contributed by atoms with Gasteiger partial charge < -0.3 is 19.1 Å². The van der Waals surface area contributed by atoms with Crippen molar-refractivity contribution >= 4 is 32.7 Å². The van der Waals surface area contributed by atoms with Crippen molar-refractivity contribution in [1.82, 2.24) is 20.1 Å². The van der Waals surface area contributed by atoms with E-state index in [2.05, 4.69) is 43.5 Å². The zero-order chi connectivity index (χ0) is 19.7. The molecule has 4 rings (SSSR count). The van der Waals surface area contributed by atoms with E-state index < -0.39 is 5.76 Å². The van der Waals surface area contributed by atoms with Crippen LogP contribution < -0.4 is 11.1 Å². The Hall–Kier alpha value is -3.07. The van der Waals surface area contributed by atoms with Crippen LogP contribution in [0.25, 0.3) is 22.6 Å². The molecule has 144 valence electrons. The molecule has 0 aliphatic rings. The number of nitrogens with zero attached hydrogens (tertiary/aromatic N) is 2. The number of halogens is 1. The summed E-state index contributed by atoms with van der Waals surface area (Å²) in [4.78, 5) is 27.3. The molecule has 0 saturated carbocycles. The van der Waals surface area contributed by atoms with Crippen molar-refractivity contribution < 1.29 is 13.6 Å². The fourth-order valence-electron chi connectivity index (χ4n) is 2.96. The van der Waals surface area contributed by atoms with Gasteiger partial charge in [-0.2, -0.15) is 4.68 Å². The highest BCUT2D eigenvalue weighted by Crippen LogP contribution is 2.22. The first-order chi connectivity index (χ1) is 13.5. The quantitative estimate of drug-likeness (QED) is 0.475. The molecule has 28 heavy (non-hydrogen) atoms. The molecule has 4 aromatic rings. The fraction of sp³-hybridized carbons (Fsp3) is 0.211. The Bertz CT molecular complexity index is 1200. The lowest BCUT2D eigenvalue weighted by Crippen LogP contribution is -2.32. The van der Waals surface area contributed by atoms with Crippen molar-refractivity contribution in [2.24, 2.45) is 0 Å². The van der Waals surface area contributed by atoms with E-state index in [4.69, 9.17) is 8.83 Å². The number of nitrogens with one attached hydrogen (secondary N) is 2. The topological polar surface area (TPSA) is 106 Å². The van der Waals surface area contributed by atoms with Crippen LogP contribution in [0.3, 0.4) is 0 Å². The summed E-state index contributed by atoms with van der Waals surface area (Å²) in [7, 11) is 0. The summed E-state index contributed by atoms with van der Waals surface area (Å²) in [5.74, 6) is -0.709. The van der Waals surface area contributed by atoms with Gasteiger partial charge in [0.05, 0.1) is 0 Å². The number of aromatic nitrogens is 3. The number of benzene rings is 1. The average molecular weight is 445 g/mol. The molecule has 1 aromatic carbocycles. The van der Waals surface area contributed by atoms with E-state index >= 15 is 0 Å². The zero-order valence-corrected chi connectivity index (χ0v) is 16.6. The number of carbonyl (C=O) groups excluding carboxylic acids is 1. The predicted molar refractivity (Wildman–Crippen MR) is 106 cm³/mol. The Morgan fingerprint density at radius 2 is 2.14 bits per heavy atom. The van der Waals surface area contributed by atoms with Gasteiger partial charge in [0.25, 0.3) is 5.89 Å². The maximum absolute atomic E-state index is 12.2. The van der Waals surface area contributed by atoms with E-state index in [9.17, 15) is 9.59 Å². The normalized spacial score (nSPS) is 11.2. The summed E-state index contributed by atoms with van der Waals surface area (Å²) in [5.41, 5.74) is 3.38. The smallest absolute Gasteiger partial charge is 0.437 e. The Kier molecular flexibility index (Phi) is 4.91. The minimum atomic E-state index is -0.718. The van der Waals surface area contributed by atoms with Crippen molar-refractivity contribution in [3.63, 3.8) is 0 Å². The minimum Gasteiger partial charge on any atom is -0.444 e. The molecule has 0 aliphatic carbocycles. The number of aromatic amines is 1. The first kappa shape index (κ1) is 18.3. The number of hydrogen-bond donors (Lipinski definition) is 2. The number of rotatable bonds is 6. The molecule has 0 aliphatic heterocycles. The highest BCUT2D eigenvalue weighted by molar-refractivity contribution is 9.10. The zero-order valence-electron chi connectivity index (χ0n) is 15.0. The Balaban J connectivity index is 1.36. The second-order valence-corrected chi connectivity index (χ2v) is 7.18. The molecular weight excluding hydrogens is 428 g/mol. The van der Waals surface area contributed by atoms with Crippen LogP contribution in [0.2, 0.25) is 0 Å². The molecule has 0 fully saturated rings.